The third-order valence-electron chi connectivity index (χ3n) is 1.87. The minimum absolute atomic E-state index is 0.160. The van der Waals surface area contributed by atoms with Crippen LogP contribution < -0.4 is 5.73 Å². The standard InChI is InChI=1S/C6H12N2O4/c7-6-5(12)4(11)3(10)2(1-9)8-6/h2-5,9-12H,1H2,(H2,7,8)/t2-,3-,4+,5+/m1/s1. The molecule has 0 radical (unpaired) electrons. The van der Waals surface area contributed by atoms with Crippen molar-refractivity contribution in [2.75, 3.05) is 6.61 Å². The fraction of sp³-hybridized carbons (Fsp3) is 0.833. The Labute approximate surface area is 69.0 Å². The third-order valence-corrected chi connectivity index (χ3v) is 1.87. The number of rotatable bonds is 1. The van der Waals surface area contributed by atoms with Gasteiger partial charge < -0.3 is 26.2 Å². The van der Waals surface area contributed by atoms with Gasteiger partial charge in [0.15, 0.2) is 0 Å². The SMILES string of the molecule is NC1=N[C@H](CO)[C@@H](O)[C@H](O)[C@@H]1O. The third kappa shape index (κ3) is 1.42. The highest BCUT2D eigenvalue weighted by molar-refractivity contribution is 5.86. The molecule has 6 N–H and O–H groups in total. The molecule has 0 amide bonds. The number of nitrogens with zero attached hydrogens (tertiary/aromatic N) is 1. The zero-order chi connectivity index (χ0) is 9.30. The summed E-state index contributed by atoms with van der Waals surface area (Å²) in [6, 6.07) is -0.844. The number of aliphatic imine (C=N–C) groups is 1. The van der Waals surface area contributed by atoms with E-state index in [9.17, 15) is 5.11 Å². The van der Waals surface area contributed by atoms with Gasteiger partial charge in [0.25, 0.3) is 0 Å². The van der Waals surface area contributed by atoms with Gasteiger partial charge in [-0.2, -0.15) is 0 Å². The molecule has 1 aliphatic heterocycles. The van der Waals surface area contributed by atoms with Gasteiger partial charge in [0, 0.05) is 0 Å². The van der Waals surface area contributed by atoms with Crippen LogP contribution in [0.3, 0.4) is 0 Å². The minimum Gasteiger partial charge on any atom is -0.394 e. The molecule has 0 saturated heterocycles. The Hall–Kier alpha value is -0.690. The second-order valence-corrected chi connectivity index (χ2v) is 2.73. The van der Waals surface area contributed by atoms with Gasteiger partial charge in [-0.15, -0.1) is 0 Å². The molecule has 0 aliphatic carbocycles. The van der Waals surface area contributed by atoms with Crippen LogP contribution in [-0.2, 0) is 0 Å². The van der Waals surface area contributed by atoms with Crippen LogP contribution in [0.5, 0.6) is 0 Å². The zero-order valence-electron chi connectivity index (χ0n) is 6.33. The summed E-state index contributed by atoms with van der Waals surface area (Å²) in [7, 11) is 0. The van der Waals surface area contributed by atoms with E-state index in [1.165, 1.54) is 0 Å². The lowest BCUT2D eigenvalue weighted by Gasteiger charge is -2.31. The molecule has 1 aliphatic rings. The lowest BCUT2D eigenvalue weighted by Crippen LogP contribution is -2.55. The molecule has 0 aromatic rings. The van der Waals surface area contributed by atoms with E-state index < -0.39 is 31.0 Å². The molecular formula is C6H12N2O4. The van der Waals surface area contributed by atoms with Crippen LogP contribution in [0, 0.1) is 0 Å². The molecular weight excluding hydrogens is 164 g/mol. The quantitative estimate of drug-likeness (QED) is 0.288. The van der Waals surface area contributed by atoms with Gasteiger partial charge in [-0.3, -0.25) is 4.99 Å². The Morgan fingerprint density at radius 3 is 2.33 bits per heavy atom. The van der Waals surface area contributed by atoms with Crippen molar-refractivity contribution in [3.8, 4) is 0 Å². The van der Waals surface area contributed by atoms with Crippen molar-refractivity contribution in [2.45, 2.75) is 24.4 Å². The first-order valence-electron chi connectivity index (χ1n) is 3.56. The summed E-state index contributed by atoms with van der Waals surface area (Å²) in [6.07, 6.45) is -3.99. The van der Waals surface area contributed by atoms with E-state index in [1.54, 1.807) is 0 Å². The van der Waals surface area contributed by atoms with E-state index >= 15 is 0 Å². The Balaban J connectivity index is 2.83. The summed E-state index contributed by atoms with van der Waals surface area (Å²) < 4.78 is 0. The first-order valence-corrected chi connectivity index (χ1v) is 3.56. The molecule has 6 nitrogen and oxygen atoms in total. The highest BCUT2D eigenvalue weighted by Crippen LogP contribution is 2.13. The molecule has 6 heteroatoms. The van der Waals surface area contributed by atoms with Crippen LogP contribution in [0.25, 0.3) is 0 Å². The van der Waals surface area contributed by atoms with Gasteiger partial charge in [-0.05, 0) is 0 Å². The molecule has 0 fully saturated rings. The van der Waals surface area contributed by atoms with Gasteiger partial charge in [-0.1, -0.05) is 0 Å². The Morgan fingerprint density at radius 2 is 1.83 bits per heavy atom. The first-order chi connectivity index (χ1) is 5.57. The molecule has 0 saturated carbocycles. The van der Waals surface area contributed by atoms with E-state index in [1.807, 2.05) is 0 Å². The minimum atomic E-state index is -1.38. The van der Waals surface area contributed by atoms with Crippen molar-refractivity contribution >= 4 is 5.84 Å². The predicted molar refractivity (Wildman–Crippen MR) is 40.5 cm³/mol. The highest BCUT2D eigenvalue weighted by atomic mass is 16.4. The van der Waals surface area contributed by atoms with Crippen molar-refractivity contribution in [1.29, 1.82) is 0 Å². The average molecular weight is 176 g/mol. The smallest absolute Gasteiger partial charge is 0.139 e. The number of aliphatic hydroxyl groups excluding tert-OH is 4. The molecule has 0 unspecified atom stereocenters. The summed E-state index contributed by atoms with van der Waals surface area (Å²) in [5, 5.41) is 36.1. The maximum absolute atomic E-state index is 9.19. The second-order valence-electron chi connectivity index (χ2n) is 2.73. The molecule has 0 aromatic heterocycles. The lowest BCUT2D eigenvalue weighted by molar-refractivity contribution is -0.0589. The first kappa shape index (κ1) is 9.40. The number of amidine groups is 1. The van der Waals surface area contributed by atoms with Crippen molar-refractivity contribution in [2.24, 2.45) is 10.7 Å². The zero-order valence-corrected chi connectivity index (χ0v) is 6.33. The fourth-order valence-electron chi connectivity index (χ4n) is 1.08. The summed E-state index contributed by atoms with van der Waals surface area (Å²) in [6.45, 7) is -0.411. The summed E-state index contributed by atoms with van der Waals surface area (Å²) in [4.78, 5) is 3.60. The van der Waals surface area contributed by atoms with Crippen LogP contribution >= 0.6 is 0 Å². The highest BCUT2D eigenvalue weighted by Gasteiger charge is 2.37. The van der Waals surface area contributed by atoms with E-state index in [-0.39, 0.29) is 5.84 Å². The Bertz CT molecular complexity index is 196. The van der Waals surface area contributed by atoms with Crippen molar-refractivity contribution in [3.63, 3.8) is 0 Å². The number of aliphatic hydroxyl groups is 4. The van der Waals surface area contributed by atoms with Gasteiger partial charge in [0.2, 0.25) is 0 Å². The van der Waals surface area contributed by atoms with E-state index in [2.05, 4.69) is 4.99 Å². The molecule has 4 atom stereocenters. The number of hydrogen-bond donors (Lipinski definition) is 5. The predicted octanol–water partition coefficient (Wildman–Crippen LogP) is -3.20. The lowest BCUT2D eigenvalue weighted by atomic mass is 9.98. The second kappa shape index (κ2) is 3.36. The molecule has 70 valence electrons. The largest absolute Gasteiger partial charge is 0.394 e. The number of nitrogens with two attached hydrogens (primary N) is 1. The Morgan fingerprint density at radius 1 is 1.25 bits per heavy atom. The van der Waals surface area contributed by atoms with Crippen LogP contribution in [0.4, 0.5) is 0 Å². The molecule has 0 spiro atoms. The van der Waals surface area contributed by atoms with Crippen LogP contribution in [-0.4, -0.2) is 57.2 Å². The van der Waals surface area contributed by atoms with Crippen LogP contribution in [0.2, 0.25) is 0 Å². The van der Waals surface area contributed by atoms with E-state index in [0.717, 1.165) is 0 Å². The molecule has 0 aromatic carbocycles. The summed E-state index contributed by atoms with van der Waals surface area (Å²) in [5.74, 6) is -0.160. The summed E-state index contributed by atoms with van der Waals surface area (Å²) in [5.41, 5.74) is 5.21. The topological polar surface area (TPSA) is 119 Å². The maximum Gasteiger partial charge on any atom is 0.139 e. The Kier molecular flexibility index (Phi) is 2.63. The summed E-state index contributed by atoms with van der Waals surface area (Å²) >= 11 is 0. The monoisotopic (exact) mass is 176 g/mol. The molecule has 1 heterocycles. The number of hydrogen-bond acceptors (Lipinski definition) is 6. The van der Waals surface area contributed by atoms with Crippen molar-refractivity contribution in [1.82, 2.24) is 0 Å². The van der Waals surface area contributed by atoms with Crippen LogP contribution in [0.1, 0.15) is 0 Å². The average Bonchev–Trinajstić information content (AvgIpc) is 2.08. The molecule has 1 rings (SSSR count). The van der Waals surface area contributed by atoms with E-state index in [4.69, 9.17) is 21.1 Å². The van der Waals surface area contributed by atoms with Crippen LogP contribution in [0.15, 0.2) is 4.99 Å². The fourth-order valence-corrected chi connectivity index (χ4v) is 1.08. The van der Waals surface area contributed by atoms with E-state index in [0.29, 0.717) is 0 Å². The van der Waals surface area contributed by atoms with Gasteiger partial charge >= 0.3 is 0 Å². The molecule has 0 bridgehead atoms. The van der Waals surface area contributed by atoms with Gasteiger partial charge in [-0.25, -0.2) is 0 Å². The van der Waals surface area contributed by atoms with Gasteiger partial charge in [0.1, 0.15) is 30.2 Å². The van der Waals surface area contributed by atoms with Gasteiger partial charge in [0.05, 0.1) is 6.61 Å². The normalized spacial score (nSPS) is 42.5. The molecule has 12 heavy (non-hydrogen) atoms. The van der Waals surface area contributed by atoms with Crippen molar-refractivity contribution in [3.05, 3.63) is 0 Å². The maximum atomic E-state index is 9.19. The van der Waals surface area contributed by atoms with Crippen molar-refractivity contribution < 1.29 is 20.4 Å².